The fourth-order valence-electron chi connectivity index (χ4n) is 1.92. The van der Waals surface area contributed by atoms with Gasteiger partial charge in [0.05, 0.1) is 11.8 Å². The van der Waals surface area contributed by atoms with E-state index in [0.717, 1.165) is 40.0 Å². The molecule has 22 heavy (non-hydrogen) atoms. The van der Waals surface area contributed by atoms with Crippen LogP contribution in [0.2, 0.25) is 0 Å². The molecule has 1 amide bonds. The minimum absolute atomic E-state index is 0.0230. The van der Waals surface area contributed by atoms with E-state index in [9.17, 15) is 13.6 Å². The highest BCUT2D eigenvalue weighted by atomic mass is 79.9. The SMILES string of the molecule is C[C@@H](NC(=O)CSc1cc(F)ccc1F)c1ccccc1Br. The van der Waals surface area contributed by atoms with Gasteiger partial charge in [-0.1, -0.05) is 34.1 Å². The summed E-state index contributed by atoms with van der Waals surface area (Å²) in [4.78, 5) is 12.1. The largest absolute Gasteiger partial charge is 0.349 e. The van der Waals surface area contributed by atoms with Crippen LogP contribution in [-0.4, -0.2) is 11.7 Å². The first-order valence-electron chi connectivity index (χ1n) is 6.59. The van der Waals surface area contributed by atoms with Crippen LogP contribution in [0.5, 0.6) is 0 Å². The Morgan fingerprint density at radius 3 is 2.73 bits per heavy atom. The third-order valence-electron chi connectivity index (χ3n) is 3.00. The van der Waals surface area contributed by atoms with Crippen molar-refractivity contribution < 1.29 is 13.6 Å². The van der Waals surface area contributed by atoms with E-state index in [0.29, 0.717) is 0 Å². The van der Waals surface area contributed by atoms with Crippen molar-refractivity contribution >= 4 is 33.6 Å². The van der Waals surface area contributed by atoms with Gasteiger partial charge in [-0.15, -0.1) is 11.8 Å². The molecule has 2 rings (SSSR count). The first-order chi connectivity index (χ1) is 10.5. The van der Waals surface area contributed by atoms with Crippen LogP contribution in [0.1, 0.15) is 18.5 Å². The molecule has 0 saturated carbocycles. The van der Waals surface area contributed by atoms with E-state index in [1.807, 2.05) is 31.2 Å². The molecule has 2 aromatic rings. The van der Waals surface area contributed by atoms with E-state index in [4.69, 9.17) is 0 Å². The van der Waals surface area contributed by atoms with Crippen LogP contribution < -0.4 is 5.32 Å². The molecule has 0 spiro atoms. The molecule has 2 aromatic carbocycles. The molecule has 0 bridgehead atoms. The Kier molecular flexibility index (Phi) is 5.97. The number of carbonyl (C=O) groups is 1. The van der Waals surface area contributed by atoms with Gasteiger partial charge in [0.1, 0.15) is 11.6 Å². The van der Waals surface area contributed by atoms with Gasteiger partial charge in [-0.05, 0) is 36.8 Å². The Bertz CT molecular complexity index is 681. The summed E-state index contributed by atoms with van der Waals surface area (Å²) in [5, 5.41) is 2.84. The highest BCUT2D eigenvalue weighted by molar-refractivity contribution is 9.10. The molecular formula is C16H14BrF2NOS. The maximum atomic E-state index is 13.5. The van der Waals surface area contributed by atoms with Crippen molar-refractivity contribution in [2.45, 2.75) is 17.9 Å². The lowest BCUT2D eigenvalue weighted by atomic mass is 10.1. The van der Waals surface area contributed by atoms with Gasteiger partial charge >= 0.3 is 0 Å². The van der Waals surface area contributed by atoms with Crippen LogP contribution in [0, 0.1) is 11.6 Å². The van der Waals surface area contributed by atoms with Crippen LogP contribution in [0.15, 0.2) is 51.8 Å². The standard InChI is InChI=1S/C16H14BrF2NOS/c1-10(12-4-2-3-5-13(12)17)20-16(21)9-22-15-8-11(18)6-7-14(15)19/h2-8,10H,9H2,1H3,(H,20,21)/t10-/m1/s1. The summed E-state index contributed by atoms with van der Waals surface area (Å²) >= 11 is 4.40. The fraction of sp³-hybridized carbons (Fsp3) is 0.188. The summed E-state index contributed by atoms with van der Waals surface area (Å²) in [6.45, 7) is 1.87. The molecule has 116 valence electrons. The molecule has 0 aliphatic carbocycles. The normalized spacial score (nSPS) is 12.0. The van der Waals surface area contributed by atoms with Gasteiger partial charge in [0, 0.05) is 9.37 Å². The predicted molar refractivity (Wildman–Crippen MR) is 87.8 cm³/mol. The summed E-state index contributed by atoms with van der Waals surface area (Å²) < 4.78 is 27.4. The van der Waals surface area contributed by atoms with E-state index >= 15 is 0 Å². The average molecular weight is 386 g/mol. The zero-order valence-electron chi connectivity index (χ0n) is 11.8. The first-order valence-corrected chi connectivity index (χ1v) is 8.37. The molecule has 0 fully saturated rings. The molecular weight excluding hydrogens is 372 g/mol. The van der Waals surface area contributed by atoms with Crippen molar-refractivity contribution in [2.75, 3.05) is 5.75 Å². The lowest BCUT2D eigenvalue weighted by Gasteiger charge is -2.15. The van der Waals surface area contributed by atoms with Crippen LogP contribution in [0.4, 0.5) is 8.78 Å². The maximum Gasteiger partial charge on any atom is 0.230 e. The zero-order chi connectivity index (χ0) is 16.1. The van der Waals surface area contributed by atoms with Crippen LogP contribution in [0.25, 0.3) is 0 Å². The number of halogens is 3. The number of hydrogen-bond acceptors (Lipinski definition) is 2. The van der Waals surface area contributed by atoms with E-state index in [-0.39, 0.29) is 22.6 Å². The lowest BCUT2D eigenvalue weighted by Crippen LogP contribution is -2.28. The average Bonchev–Trinajstić information content (AvgIpc) is 2.48. The van der Waals surface area contributed by atoms with Gasteiger partial charge in [0.25, 0.3) is 0 Å². The predicted octanol–water partition coefficient (Wildman–Crippen LogP) is 4.70. The van der Waals surface area contributed by atoms with Crippen molar-refractivity contribution in [3.05, 3.63) is 64.1 Å². The topological polar surface area (TPSA) is 29.1 Å². The van der Waals surface area contributed by atoms with Gasteiger partial charge < -0.3 is 5.32 Å². The Hall–Kier alpha value is -1.40. The van der Waals surface area contributed by atoms with Gasteiger partial charge in [0.2, 0.25) is 5.91 Å². The molecule has 0 aromatic heterocycles. The number of amides is 1. The quantitative estimate of drug-likeness (QED) is 0.755. The zero-order valence-corrected chi connectivity index (χ0v) is 14.2. The number of carbonyl (C=O) groups excluding carboxylic acids is 1. The van der Waals surface area contributed by atoms with Crippen molar-refractivity contribution in [3.8, 4) is 0 Å². The van der Waals surface area contributed by atoms with E-state index in [1.165, 1.54) is 0 Å². The molecule has 0 heterocycles. The van der Waals surface area contributed by atoms with Crippen molar-refractivity contribution in [3.63, 3.8) is 0 Å². The van der Waals surface area contributed by atoms with Gasteiger partial charge in [-0.3, -0.25) is 4.79 Å². The second-order valence-corrected chi connectivity index (χ2v) is 6.55. The van der Waals surface area contributed by atoms with Crippen LogP contribution in [-0.2, 0) is 4.79 Å². The van der Waals surface area contributed by atoms with Crippen LogP contribution in [0.3, 0.4) is 0 Å². The summed E-state index contributed by atoms with van der Waals surface area (Å²) in [5.41, 5.74) is 0.956. The highest BCUT2D eigenvalue weighted by Crippen LogP contribution is 2.24. The Morgan fingerprint density at radius 2 is 2.00 bits per heavy atom. The molecule has 1 N–H and O–H groups in total. The maximum absolute atomic E-state index is 13.5. The molecule has 2 nitrogen and oxygen atoms in total. The third kappa shape index (κ3) is 4.55. The molecule has 0 aliphatic heterocycles. The van der Waals surface area contributed by atoms with E-state index in [1.54, 1.807) is 0 Å². The second-order valence-electron chi connectivity index (χ2n) is 4.67. The molecule has 0 saturated heterocycles. The van der Waals surface area contributed by atoms with E-state index < -0.39 is 11.6 Å². The Balaban J connectivity index is 1.93. The van der Waals surface area contributed by atoms with Gasteiger partial charge in [-0.25, -0.2) is 8.78 Å². The molecule has 0 radical (unpaired) electrons. The summed E-state index contributed by atoms with van der Waals surface area (Å²) in [5.74, 6) is -1.27. The third-order valence-corrected chi connectivity index (χ3v) is 4.75. The first kappa shape index (κ1) is 17.0. The molecule has 6 heteroatoms. The minimum Gasteiger partial charge on any atom is -0.349 e. The van der Waals surface area contributed by atoms with Crippen molar-refractivity contribution in [1.82, 2.24) is 5.32 Å². The summed E-state index contributed by atoms with van der Waals surface area (Å²) in [7, 11) is 0. The lowest BCUT2D eigenvalue weighted by molar-refractivity contribution is -0.119. The number of rotatable bonds is 5. The summed E-state index contributed by atoms with van der Waals surface area (Å²) in [6.07, 6.45) is 0. The number of nitrogens with one attached hydrogen (secondary N) is 1. The van der Waals surface area contributed by atoms with Gasteiger partial charge in [0.15, 0.2) is 0 Å². The number of thioether (sulfide) groups is 1. The summed E-state index contributed by atoms with van der Waals surface area (Å²) in [6, 6.07) is 10.6. The van der Waals surface area contributed by atoms with Crippen molar-refractivity contribution in [1.29, 1.82) is 0 Å². The van der Waals surface area contributed by atoms with Gasteiger partial charge in [-0.2, -0.15) is 0 Å². The van der Waals surface area contributed by atoms with Crippen LogP contribution >= 0.6 is 27.7 Å². The monoisotopic (exact) mass is 385 g/mol. The highest BCUT2D eigenvalue weighted by Gasteiger charge is 2.13. The van der Waals surface area contributed by atoms with Crippen molar-refractivity contribution in [2.24, 2.45) is 0 Å². The molecule has 0 unspecified atom stereocenters. The van der Waals surface area contributed by atoms with E-state index in [2.05, 4.69) is 21.2 Å². The number of benzene rings is 2. The minimum atomic E-state index is -0.530. The molecule has 1 atom stereocenters. The smallest absolute Gasteiger partial charge is 0.230 e. The fourth-order valence-corrected chi connectivity index (χ4v) is 3.32. The second kappa shape index (κ2) is 7.74. The Morgan fingerprint density at radius 1 is 1.27 bits per heavy atom. The Labute approximate surface area is 140 Å². The number of hydrogen-bond donors (Lipinski definition) is 1. The molecule has 0 aliphatic rings.